The first-order valence-electron chi connectivity index (χ1n) is 12.8. The van der Waals surface area contributed by atoms with Gasteiger partial charge in [0.1, 0.15) is 11.6 Å². The Labute approximate surface area is 221 Å². The van der Waals surface area contributed by atoms with E-state index in [2.05, 4.69) is 20.9 Å². The number of halogens is 1. The van der Waals surface area contributed by atoms with Crippen LogP contribution in [0.5, 0.6) is 5.75 Å². The van der Waals surface area contributed by atoms with Crippen molar-refractivity contribution in [2.24, 2.45) is 7.05 Å². The second-order valence-corrected chi connectivity index (χ2v) is 10.4. The molecule has 2 saturated heterocycles. The number of hydrogen-bond donors (Lipinski definition) is 1. The largest absolute Gasteiger partial charge is 0.507 e. The summed E-state index contributed by atoms with van der Waals surface area (Å²) in [6.07, 6.45) is 9.07. The maximum Gasteiger partial charge on any atom is 0.332 e. The Morgan fingerprint density at radius 3 is 2.54 bits per heavy atom. The number of piperazine rings is 1. The first kappa shape index (κ1) is 23.8. The third-order valence-corrected chi connectivity index (χ3v) is 8.02. The van der Waals surface area contributed by atoms with Gasteiger partial charge in [0.2, 0.25) is 0 Å². The molecule has 0 saturated carbocycles. The number of imidazole rings is 1. The van der Waals surface area contributed by atoms with E-state index < -0.39 is 0 Å². The topological polar surface area (TPSA) is 66.5 Å². The number of nitrogens with zero attached hydrogens (tertiary/aromatic N) is 5. The van der Waals surface area contributed by atoms with Crippen molar-refractivity contribution in [1.82, 2.24) is 19.0 Å². The van der Waals surface area contributed by atoms with Crippen LogP contribution < -0.4 is 10.6 Å². The zero-order valence-corrected chi connectivity index (χ0v) is 21.6. The molecule has 2 aliphatic heterocycles. The van der Waals surface area contributed by atoms with Crippen LogP contribution in [0.1, 0.15) is 19.3 Å². The van der Waals surface area contributed by atoms with Gasteiger partial charge >= 0.3 is 5.69 Å². The molecule has 1 atom stereocenters. The van der Waals surface area contributed by atoms with Gasteiger partial charge in [-0.2, -0.15) is 0 Å². The number of piperidine rings is 1. The van der Waals surface area contributed by atoms with Gasteiger partial charge < -0.3 is 14.6 Å². The second-order valence-electron chi connectivity index (χ2n) is 9.96. The lowest BCUT2D eigenvalue weighted by atomic mass is 9.97. The molecule has 4 aromatic rings. The van der Waals surface area contributed by atoms with E-state index in [9.17, 15) is 9.90 Å². The van der Waals surface area contributed by atoms with E-state index in [1.165, 1.54) is 34.9 Å². The van der Waals surface area contributed by atoms with Crippen LogP contribution in [0.3, 0.4) is 0 Å². The zero-order chi connectivity index (χ0) is 25.5. The highest BCUT2D eigenvalue weighted by Crippen LogP contribution is 2.40. The van der Waals surface area contributed by atoms with Crippen molar-refractivity contribution < 1.29 is 5.11 Å². The number of aromatic nitrogens is 3. The average Bonchev–Trinajstić information content (AvgIpc) is 3.26. The number of para-hydroxylation sites is 1. The fourth-order valence-electron chi connectivity index (χ4n) is 5.65. The Morgan fingerprint density at radius 2 is 1.78 bits per heavy atom. The number of anilines is 1. The summed E-state index contributed by atoms with van der Waals surface area (Å²) in [5, 5.41) is 11.8. The monoisotopic (exact) mass is 515 g/mol. The molecule has 0 amide bonds. The van der Waals surface area contributed by atoms with Crippen LogP contribution in [0.25, 0.3) is 27.9 Å². The minimum absolute atomic E-state index is 0.169. The Kier molecular flexibility index (Phi) is 6.26. The number of aromatic hydroxyl groups is 1. The number of phenolic OH excluding ortho intramolecular Hbond substituents is 1. The fourth-order valence-corrected chi connectivity index (χ4v) is 5.92. The van der Waals surface area contributed by atoms with Crippen molar-refractivity contribution in [1.29, 1.82) is 0 Å². The molecule has 4 heterocycles. The van der Waals surface area contributed by atoms with Gasteiger partial charge in [0, 0.05) is 62.4 Å². The maximum absolute atomic E-state index is 12.4. The van der Waals surface area contributed by atoms with Gasteiger partial charge in [-0.1, -0.05) is 42.3 Å². The van der Waals surface area contributed by atoms with Crippen molar-refractivity contribution in [3.8, 4) is 33.7 Å². The first-order valence-corrected chi connectivity index (χ1v) is 13.2. The predicted octanol–water partition coefficient (Wildman–Crippen LogP) is 4.94. The SMILES string of the molecule is Cn1ccn(-c2ccc(-c3cccc(-c4ccnc(N5CCN6CCCCC6C5)c4)c3O)cc2Cl)c1=O. The van der Waals surface area contributed by atoms with Crippen molar-refractivity contribution in [2.45, 2.75) is 25.3 Å². The Hall–Kier alpha value is -3.55. The van der Waals surface area contributed by atoms with Gasteiger partial charge in [-0.3, -0.25) is 9.47 Å². The summed E-state index contributed by atoms with van der Waals surface area (Å²) in [6.45, 7) is 4.25. The molecular weight excluding hydrogens is 486 g/mol. The number of phenols is 1. The van der Waals surface area contributed by atoms with Gasteiger partial charge in [0.05, 0.1) is 10.7 Å². The molecule has 0 spiro atoms. The lowest BCUT2D eigenvalue weighted by Crippen LogP contribution is -2.55. The molecule has 2 aromatic heterocycles. The number of benzene rings is 2. The van der Waals surface area contributed by atoms with Gasteiger partial charge in [-0.15, -0.1) is 0 Å². The summed E-state index contributed by atoms with van der Waals surface area (Å²) in [6, 6.07) is 15.8. The zero-order valence-electron chi connectivity index (χ0n) is 20.8. The molecule has 1 unspecified atom stereocenters. The van der Waals surface area contributed by atoms with E-state index >= 15 is 0 Å². The normalized spacial score (nSPS) is 18.1. The van der Waals surface area contributed by atoms with E-state index in [1.54, 1.807) is 31.6 Å². The van der Waals surface area contributed by atoms with Gasteiger partial charge in [0.25, 0.3) is 0 Å². The van der Waals surface area contributed by atoms with E-state index in [4.69, 9.17) is 11.6 Å². The van der Waals surface area contributed by atoms with Crippen molar-refractivity contribution in [3.63, 3.8) is 0 Å². The smallest absolute Gasteiger partial charge is 0.332 e. The summed E-state index contributed by atoms with van der Waals surface area (Å²) in [4.78, 5) is 22.0. The second kappa shape index (κ2) is 9.72. The van der Waals surface area contributed by atoms with Crippen molar-refractivity contribution in [2.75, 3.05) is 31.1 Å². The molecule has 37 heavy (non-hydrogen) atoms. The average molecular weight is 516 g/mol. The molecule has 0 bridgehead atoms. The quantitative estimate of drug-likeness (QED) is 0.417. The third-order valence-electron chi connectivity index (χ3n) is 7.72. The lowest BCUT2D eigenvalue weighted by molar-refractivity contribution is 0.133. The third kappa shape index (κ3) is 4.43. The molecule has 6 rings (SSSR count). The molecule has 7 nitrogen and oxygen atoms in total. The molecule has 0 radical (unpaired) electrons. The van der Waals surface area contributed by atoms with Crippen LogP contribution >= 0.6 is 11.6 Å². The molecule has 2 aliphatic rings. The van der Waals surface area contributed by atoms with Gasteiger partial charge in [-0.25, -0.2) is 9.78 Å². The van der Waals surface area contributed by atoms with E-state index in [1.807, 2.05) is 36.5 Å². The van der Waals surface area contributed by atoms with Crippen LogP contribution in [0.15, 0.2) is 71.9 Å². The Balaban J connectivity index is 1.30. The molecule has 0 aliphatic carbocycles. The standard InChI is InChI=1S/C29H30ClN5O2/c1-32-13-16-35(29(32)37)26-9-8-20(17-25(26)30)23-6-4-7-24(28(23)36)21-10-11-31-27(18-21)34-15-14-33-12-3-2-5-22(33)19-34/h4,6-11,13,16-18,22,36H,2-3,5,12,14-15,19H2,1H3. The summed E-state index contributed by atoms with van der Waals surface area (Å²) in [5.41, 5.74) is 3.56. The summed E-state index contributed by atoms with van der Waals surface area (Å²) >= 11 is 6.59. The predicted molar refractivity (Wildman–Crippen MR) is 148 cm³/mol. The summed E-state index contributed by atoms with van der Waals surface area (Å²) < 4.78 is 3.01. The van der Waals surface area contributed by atoms with Crippen LogP contribution in [0.2, 0.25) is 5.02 Å². The molecule has 190 valence electrons. The summed E-state index contributed by atoms with van der Waals surface area (Å²) in [5.74, 6) is 1.14. The number of pyridine rings is 1. The molecule has 2 fully saturated rings. The van der Waals surface area contributed by atoms with Crippen LogP contribution in [-0.4, -0.2) is 56.3 Å². The highest BCUT2D eigenvalue weighted by atomic mass is 35.5. The summed E-state index contributed by atoms with van der Waals surface area (Å²) in [7, 11) is 1.70. The number of rotatable bonds is 4. The van der Waals surface area contributed by atoms with Crippen LogP contribution in [0.4, 0.5) is 5.82 Å². The minimum atomic E-state index is -0.169. The number of fused-ring (bicyclic) bond motifs is 1. The minimum Gasteiger partial charge on any atom is -0.507 e. The van der Waals surface area contributed by atoms with Crippen molar-refractivity contribution >= 4 is 17.4 Å². The highest BCUT2D eigenvalue weighted by Gasteiger charge is 2.29. The number of aryl methyl sites for hydroxylation is 1. The first-order chi connectivity index (χ1) is 18.0. The molecular formula is C29H30ClN5O2. The lowest BCUT2D eigenvalue weighted by Gasteiger charge is -2.44. The molecule has 1 N–H and O–H groups in total. The van der Waals surface area contributed by atoms with Crippen molar-refractivity contribution in [3.05, 3.63) is 82.6 Å². The maximum atomic E-state index is 12.4. The molecule has 2 aromatic carbocycles. The van der Waals surface area contributed by atoms with Gasteiger partial charge in [0.15, 0.2) is 0 Å². The highest BCUT2D eigenvalue weighted by molar-refractivity contribution is 6.32. The van der Waals surface area contributed by atoms with E-state index in [-0.39, 0.29) is 11.4 Å². The van der Waals surface area contributed by atoms with E-state index in [0.29, 0.717) is 22.3 Å². The Bertz CT molecular complexity index is 1510. The molecule has 8 heteroatoms. The van der Waals surface area contributed by atoms with Crippen LogP contribution in [-0.2, 0) is 7.05 Å². The van der Waals surface area contributed by atoms with E-state index in [0.717, 1.165) is 42.1 Å². The fraction of sp³-hybridized carbons (Fsp3) is 0.310. The number of hydrogen-bond acceptors (Lipinski definition) is 5. The van der Waals surface area contributed by atoms with Gasteiger partial charge in [-0.05, 0) is 54.8 Å². The Morgan fingerprint density at radius 1 is 0.973 bits per heavy atom. The van der Waals surface area contributed by atoms with Crippen LogP contribution in [0, 0.1) is 0 Å².